The standard InChI is InChI=1S/C16H11NO3S/c17-16-14(9-5-6-11-12(7-9)20-8-19-11)15(18)10-3-1-2-4-13(10)21-16/h1-7H,8,17H2. The van der Waals surface area contributed by atoms with Crippen molar-refractivity contribution in [3.8, 4) is 22.6 Å². The number of nitrogen functional groups attached to an aromatic ring is 1. The van der Waals surface area contributed by atoms with Gasteiger partial charge in [-0.1, -0.05) is 18.2 Å². The summed E-state index contributed by atoms with van der Waals surface area (Å²) in [5.41, 5.74) is 7.33. The molecule has 5 heteroatoms. The highest BCUT2D eigenvalue weighted by Crippen LogP contribution is 2.38. The van der Waals surface area contributed by atoms with Crippen molar-refractivity contribution in [1.82, 2.24) is 0 Å². The maximum atomic E-state index is 12.7. The first-order valence-electron chi connectivity index (χ1n) is 6.45. The number of hydrogen-bond donors (Lipinski definition) is 1. The Bertz CT molecular complexity index is 917. The summed E-state index contributed by atoms with van der Waals surface area (Å²) >= 11 is 1.42. The number of nitrogens with two attached hydrogens (primary N) is 1. The molecule has 0 atom stereocenters. The van der Waals surface area contributed by atoms with E-state index in [1.165, 1.54) is 11.3 Å². The van der Waals surface area contributed by atoms with Crippen molar-refractivity contribution in [3.63, 3.8) is 0 Å². The van der Waals surface area contributed by atoms with Crippen LogP contribution in [0.1, 0.15) is 0 Å². The second kappa shape index (κ2) is 4.49. The van der Waals surface area contributed by atoms with Crippen LogP contribution in [0, 0.1) is 0 Å². The Morgan fingerprint density at radius 1 is 1.05 bits per heavy atom. The Morgan fingerprint density at radius 3 is 2.76 bits per heavy atom. The van der Waals surface area contributed by atoms with Crippen LogP contribution in [0.5, 0.6) is 11.5 Å². The van der Waals surface area contributed by atoms with E-state index < -0.39 is 0 Å². The fraction of sp³-hybridized carbons (Fsp3) is 0.0625. The Labute approximate surface area is 124 Å². The number of anilines is 1. The number of fused-ring (bicyclic) bond motifs is 2. The van der Waals surface area contributed by atoms with Gasteiger partial charge in [-0.05, 0) is 29.8 Å². The topological polar surface area (TPSA) is 61.6 Å². The second-order valence-corrected chi connectivity index (χ2v) is 5.82. The SMILES string of the molecule is Nc1sc2ccccc2c(=O)c1-c1ccc2c(c1)OCO2. The molecule has 4 rings (SSSR count). The largest absolute Gasteiger partial charge is 0.454 e. The van der Waals surface area contributed by atoms with Crippen LogP contribution < -0.4 is 20.6 Å². The molecule has 3 aromatic rings. The van der Waals surface area contributed by atoms with Crippen LogP contribution in [0.4, 0.5) is 5.00 Å². The molecule has 1 aliphatic heterocycles. The van der Waals surface area contributed by atoms with Gasteiger partial charge < -0.3 is 15.2 Å². The molecule has 104 valence electrons. The number of rotatable bonds is 1. The number of ether oxygens (including phenoxy) is 2. The van der Waals surface area contributed by atoms with Crippen LogP contribution in [0.25, 0.3) is 21.2 Å². The van der Waals surface area contributed by atoms with Gasteiger partial charge in [-0.3, -0.25) is 4.79 Å². The van der Waals surface area contributed by atoms with Crippen LogP contribution in [0.3, 0.4) is 0 Å². The minimum absolute atomic E-state index is 0.0549. The molecule has 0 unspecified atom stereocenters. The summed E-state index contributed by atoms with van der Waals surface area (Å²) in [5, 5.41) is 1.20. The lowest BCUT2D eigenvalue weighted by Crippen LogP contribution is -2.07. The van der Waals surface area contributed by atoms with E-state index in [2.05, 4.69) is 0 Å². The van der Waals surface area contributed by atoms with Crippen molar-refractivity contribution in [1.29, 1.82) is 0 Å². The summed E-state index contributed by atoms with van der Waals surface area (Å²) in [4.78, 5) is 12.7. The fourth-order valence-corrected chi connectivity index (χ4v) is 3.45. The van der Waals surface area contributed by atoms with Gasteiger partial charge in [-0.15, -0.1) is 11.3 Å². The molecule has 0 saturated heterocycles. The zero-order valence-electron chi connectivity index (χ0n) is 11.0. The first kappa shape index (κ1) is 12.2. The minimum Gasteiger partial charge on any atom is -0.454 e. The van der Waals surface area contributed by atoms with Crippen LogP contribution in [-0.4, -0.2) is 6.79 Å². The average Bonchev–Trinajstić information content (AvgIpc) is 2.95. The van der Waals surface area contributed by atoms with Gasteiger partial charge in [0.2, 0.25) is 6.79 Å². The average molecular weight is 297 g/mol. The van der Waals surface area contributed by atoms with E-state index in [0.29, 0.717) is 27.4 Å². The molecule has 1 aliphatic rings. The molecule has 0 aliphatic carbocycles. The monoisotopic (exact) mass is 297 g/mol. The first-order valence-corrected chi connectivity index (χ1v) is 7.27. The zero-order valence-corrected chi connectivity index (χ0v) is 11.8. The van der Waals surface area contributed by atoms with E-state index in [9.17, 15) is 4.79 Å². The molecule has 0 radical (unpaired) electrons. The van der Waals surface area contributed by atoms with Crippen molar-refractivity contribution >= 4 is 26.4 Å². The molecule has 4 nitrogen and oxygen atoms in total. The third kappa shape index (κ3) is 1.86. The third-order valence-electron chi connectivity index (χ3n) is 3.49. The predicted molar refractivity (Wildman–Crippen MR) is 84.1 cm³/mol. The molecule has 1 aromatic heterocycles. The van der Waals surface area contributed by atoms with Crippen LogP contribution in [-0.2, 0) is 0 Å². The van der Waals surface area contributed by atoms with E-state index in [0.717, 1.165) is 10.3 Å². The Balaban J connectivity index is 2.00. The quantitative estimate of drug-likeness (QED) is 0.749. The molecule has 0 spiro atoms. The van der Waals surface area contributed by atoms with Crippen LogP contribution >= 0.6 is 11.3 Å². The lowest BCUT2D eigenvalue weighted by atomic mass is 10.1. The van der Waals surface area contributed by atoms with E-state index in [-0.39, 0.29) is 12.2 Å². The van der Waals surface area contributed by atoms with Gasteiger partial charge in [0.15, 0.2) is 16.9 Å². The molecule has 0 amide bonds. The molecule has 21 heavy (non-hydrogen) atoms. The van der Waals surface area contributed by atoms with Gasteiger partial charge in [-0.25, -0.2) is 0 Å². The van der Waals surface area contributed by atoms with Crippen molar-refractivity contribution in [2.45, 2.75) is 0 Å². The van der Waals surface area contributed by atoms with Crippen molar-refractivity contribution in [2.75, 3.05) is 12.5 Å². The van der Waals surface area contributed by atoms with Gasteiger partial charge in [0.25, 0.3) is 0 Å². The summed E-state index contributed by atoms with van der Waals surface area (Å²) in [6, 6.07) is 12.9. The Morgan fingerprint density at radius 2 is 1.86 bits per heavy atom. The highest BCUT2D eigenvalue weighted by molar-refractivity contribution is 7.22. The molecule has 0 fully saturated rings. The summed E-state index contributed by atoms with van der Waals surface area (Å²) in [6.45, 7) is 0.207. The maximum absolute atomic E-state index is 12.7. The first-order chi connectivity index (χ1) is 10.2. The normalized spacial score (nSPS) is 12.8. The molecule has 0 saturated carbocycles. The molecule has 2 heterocycles. The molecular weight excluding hydrogens is 286 g/mol. The van der Waals surface area contributed by atoms with Crippen molar-refractivity contribution < 1.29 is 9.47 Å². The van der Waals surface area contributed by atoms with Gasteiger partial charge in [0.1, 0.15) is 0 Å². The highest BCUT2D eigenvalue weighted by Gasteiger charge is 2.17. The van der Waals surface area contributed by atoms with E-state index in [1.54, 1.807) is 12.1 Å². The predicted octanol–water partition coefficient (Wildman–Crippen LogP) is 3.24. The summed E-state index contributed by atoms with van der Waals surface area (Å²) in [6.07, 6.45) is 0. The van der Waals surface area contributed by atoms with Crippen molar-refractivity contribution in [2.24, 2.45) is 0 Å². The lowest BCUT2D eigenvalue weighted by Gasteiger charge is -2.07. The fourth-order valence-electron chi connectivity index (χ4n) is 2.48. The Kier molecular flexibility index (Phi) is 2.62. The van der Waals surface area contributed by atoms with Gasteiger partial charge >= 0.3 is 0 Å². The maximum Gasteiger partial charge on any atom is 0.231 e. The third-order valence-corrected chi connectivity index (χ3v) is 4.49. The molecule has 0 bridgehead atoms. The summed E-state index contributed by atoms with van der Waals surface area (Å²) in [5.74, 6) is 1.33. The van der Waals surface area contributed by atoms with Gasteiger partial charge in [0.05, 0.1) is 10.6 Å². The molecule has 2 aromatic carbocycles. The van der Waals surface area contributed by atoms with Crippen LogP contribution in [0.2, 0.25) is 0 Å². The van der Waals surface area contributed by atoms with Gasteiger partial charge in [0, 0.05) is 10.1 Å². The van der Waals surface area contributed by atoms with E-state index in [1.807, 2.05) is 30.3 Å². The molecule has 2 N–H and O–H groups in total. The number of hydrogen-bond acceptors (Lipinski definition) is 5. The summed E-state index contributed by atoms with van der Waals surface area (Å²) in [7, 11) is 0. The smallest absolute Gasteiger partial charge is 0.231 e. The van der Waals surface area contributed by atoms with Crippen LogP contribution in [0.15, 0.2) is 47.3 Å². The summed E-state index contributed by atoms with van der Waals surface area (Å²) < 4.78 is 11.6. The van der Waals surface area contributed by atoms with Crippen molar-refractivity contribution in [3.05, 3.63) is 52.7 Å². The number of benzene rings is 2. The lowest BCUT2D eigenvalue weighted by molar-refractivity contribution is 0.174. The van der Waals surface area contributed by atoms with E-state index in [4.69, 9.17) is 15.2 Å². The minimum atomic E-state index is -0.0549. The van der Waals surface area contributed by atoms with Gasteiger partial charge in [-0.2, -0.15) is 0 Å². The highest BCUT2D eigenvalue weighted by atomic mass is 32.1. The zero-order chi connectivity index (χ0) is 14.4. The van der Waals surface area contributed by atoms with E-state index >= 15 is 0 Å². The second-order valence-electron chi connectivity index (χ2n) is 4.73. The Hall–Kier alpha value is -2.53. The molecular formula is C16H11NO3S.